The molecule has 2 atom stereocenters. The lowest BCUT2D eigenvalue weighted by molar-refractivity contribution is -0.121. The van der Waals surface area contributed by atoms with Crippen LogP contribution in [0.25, 0.3) is 0 Å². The third kappa shape index (κ3) is 2.17. The zero-order chi connectivity index (χ0) is 11.0. The van der Waals surface area contributed by atoms with E-state index in [-0.39, 0.29) is 9.84 Å². The summed E-state index contributed by atoms with van der Waals surface area (Å²) in [5.41, 5.74) is 2.32. The van der Waals surface area contributed by atoms with Crippen molar-refractivity contribution in [2.24, 2.45) is 5.92 Å². The quantitative estimate of drug-likeness (QED) is 0.454. The molecule has 15 heavy (non-hydrogen) atoms. The average molecular weight is 316 g/mol. The highest BCUT2D eigenvalue weighted by molar-refractivity contribution is 14.1. The Morgan fingerprint density at radius 3 is 2.80 bits per heavy atom. The number of rotatable bonds is 0. The first-order valence-electron chi connectivity index (χ1n) is 5.06. The Hall–Kier alpha value is -0.580. The van der Waals surface area contributed by atoms with E-state index in [0.29, 0.717) is 11.5 Å². The molecular formula is C12H13IO2. The van der Waals surface area contributed by atoms with Crippen molar-refractivity contribution < 1.29 is 9.90 Å². The number of phenols is 1. The van der Waals surface area contributed by atoms with Gasteiger partial charge in [0.05, 0.1) is 3.92 Å². The summed E-state index contributed by atoms with van der Waals surface area (Å²) in [7, 11) is 0. The minimum absolute atomic E-state index is 0.0423. The number of ketones is 1. The van der Waals surface area contributed by atoms with Crippen LogP contribution in [0.15, 0.2) is 18.2 Å². The van der Waals surface area contributed by atoms with E-state index in [4.69, 9.17) is 0 Å². The molecular weight excluding hydrogens is 303 g/mol. The van der Waals surface area contributed by atoms with Gasteiger partial charge in [-0.05, 0) is 36.1 Å². The zero-order valence-electron chi connectivity index (χ0n) is 8.53. The van der Waals surface area contributed by atoms with Crippen LogP contribution in [0.3, 0.4) is 0 Å². The second-order valence-electron chi connectivity index (χ2n) is 4.13. The minimum atomic E-state index is 0.0423. The van der Waals surface area contributed by atoms with E-state index in [1.165, 1.54) is 5.56 Å². The van der Waals surface area contributed by atoms with Crippen molar-refractivity contribution in [3.8, 4) is 5.75 Å². The fraction of sp³-hybridized carbons (Fsp3) is 0.417. The van der Waals surface area contributed by atoms with Crippen molar-refractivity contribution in [3.05, 3.63) is 29.3 Å². The molecule has 2 rings (SSSR count). The highest BCUT2D eigenvalue weighted by Crippen LogP contribution is 2.28. The molecule has 0 spiro atoms. The van der Waals surface area contributed by atoms with Gasteiger partial charge in [-0.15, -0.1) is 0 Å². The number of fused-ring (bicyclic) bond motifs is 1. The van der Waals surface area contributed by atoms with Crippen molar-refractivity contribution in [1.82, 2.24) is 0 Å². The van der Waals surface area contributed by atoms with Crippen molar-refractivity contribution in [3.63, 3.8) is 0 Å². The summed E-state index contributed by atoms with van der Waals surface area (Å²) in [6, 6.07) is 5.42. The Morgan fingerprint density at radius 1 is 1.33 bits per heavy atom. The molecule has 2 nitrogen and oxygen atoms in total. The smallest absolute Gasteiger partial charge is 0.149 e. The van der Waals surface area contributed by atoms with E-state index >= 15 is 0 Å². The Labute approximate surface area is 103 Å². The highest BCUT2D eigenvalue weighted by atomic mass is 127. The lowest BCUT2D eigenvalue weighted by atomic mass is 9.98. The molecule has 1 aliphatic rings. The van der Waals surface area contributed by atoms with Gasteiger partial charge in [0, 0.05) is 5.92 Å². The molecule has 80 valence electrons. The molecule has 1 N–H and O–H groups in total. The molecule has 0 radical (unpaired) electrons. The molecule has 3 heteroatoms. The standard InChI is InChI=1S/C12H13IO2/c1-7-4-8-2-3-10(14)5-9(8)6-11(13)12(7)15/h2-3,5,7,11,14H,4,6H2,1H3/t7-,11+/m0/s1. The van der Waals surface area contributed by atoms with Gasteiger partial charge in [0.1, 0.15) is 11.5 Å². The fourth-order valence-electron chi connectivity index (χ4n) is 2.03. The molecule has 0 amide bonds. The van der Waals surface area contributed by atoms with E-state index < -0.39 is 0 Å². The van der Waals surface area contributed by atoms with Crippen LogP contribution in [0.2, 0.25) is 0 Å². The summed E-state index contributed by atoms with van der Waals surface area (Å²) < 4.78 is 0.0423. The molecule has 0 aliphatic heterocycles. The third-order valence-electron chi connectivity index (χ3n) is 2.91. The maximum absolute atomic E-state index is 11.8. The van der Waals surface area contributed by atoms with Gasteiger partial charge in [-0.25, -0.2) is 0 Å². The summed E-state index contributed by atoms with van der Waals surface area (Å²) in [6.45, 7) is 1.98. The van der Waals surface area contributed by atoms with Crippen LogP contribution in [0.4, 0.5) is 0 Å². The molecule has 1 aromatic rings. The second kappa shape index (κ2) is 4.12. The summed E-state index contributed by atoms with van der Waals surface area (Å²) in [6.07, 6.45) is 1.54. The van der Waals surface area contributed by atoms with E-state index in [2.05, 4.69) is 22.6 Å². The topological polar surface area (TPSA) is 37.3 Å². The van der Waals surface area contributed by atoms with E-state index in [9.17, 15) is 9.90 Å². The van der Waals surface area contributed by atoms with Crippen molar-refractivity contribution in [2.45, 2.75) is 23.7 Å². The maximum Gasteiger partial charge on any atom is 0.149 e. The molecule has 0 saturated heterocycles. The number of carbonyl (C=O) groups is 1. The van der Waals surface area contributed by atoms with E-state index in [1.807, 2.05) is 13.0 Å². The van der Waals surface area contributed by atoms with Crippen LogP contribution in [-0.2, 0) is 17.6 Å². The number of aromatic hydroxyl groups is 1. The second-order valence-corrected chi connectivity index (χ2v) is 5.64. The first-order chi connectivity index (χ1) is 7.08. The number of hydrogen-bond acceptors (Lipinski definition) is 2. The monoisotopic (exact) mass is 316 g/mol. The van der Waals surface area contributed by atoms with Gasteiger partial charge in [0.15, 0.2) is 0 Å². The van der Waals surface area contributed by atoms with Crippen LogP contribution in [-0.4, -0.2) is 14.8 Å². The van der Waals surface area contributed by atoms with Crippen molar-refractivity contribution in [1.29, 1.82) is 0 Å². The summed E-state index contributed by atoms with van der Waals surface area (Å²) in [4.78, 5) is 11.8. The van der Waals surface area contributed by atoms with Gasteiger partial charge in [0.2, 0.25) is 0 Å². The summed E-state index contributed by atoms with van der Waals surface area (Å²) >= 11 is 2.20. The Balaban J connectivity index is 2.42. The van der Waals surface area contributed by atoms with Crippen molar-refractivity contribution in [2.75, 3.05) is 0 Å². The Kier molecular flexibility index (Phi) is 3.00. The molecule has 0 unspecified atom stereocenters. The van der Waals surface area contributed by atoms with E-state index in [1.54, 1.807) is 12.1 Å². The predicted octanol–water partition coefficient (Wildman–Crippen LogP) is 2.50. The van der Waals surface area contributed by atoms with Crippen LogP contribution >= 0.6 is 22.6 Å². The Morgan fingerprint density at radius 2 is 2.07 bits per heavy atom. The Bertz CT molecular complexity index is 401. The number of benzene rings is 1. The van der Waals surface area contributed by atoms with Crippen molar-refractivity contribution >= 4 is 28.4 Å². The number of phenolic OH excluding ortho intramolecular Hbond substituents is 1. The molecule has 0 saturated carbocycles. The number of carbonyl (C=O) groups excluding carboxylic acids is 1. The fourth-order valence-corrected chi connectivity index (χ4v) is 3.12. The van der Waals surface area contributed by atoms with Crippen LogP contribution < -0.4 is 0 Å². The van der Waals surface area contributed by atoms with Gasteiger partial charge < -0.3 is 5.11 Å². The molecule has 1 aliphatic carbocycles. The minimum Gasteiger partial charge on any atom is -0.508 e. The van der Waals surface area contributed by atoms with Gasteiger partial charge >= 0.3 is 0 Å². The van der Waals surface area contributed by atoms with Gasteiger partial charge in [-0.1, -0.05) is 35.6 Å². The zero-order valence-corrected chi connectivity index (χ0v) is 10.7. The van der Waals surface area contributed by atoms with Gasteiger partial charge in [0.25, 0.3) is 0 Å². The molecule has 0 bridgehead atoms. The molecule has 1 aromatic carbocycles. The number of Topliss-reactive ketones (excluding diaryl/α,β-unsaturated/α-hetero) is 1. The van der Waals surface area contributed by atoms with E-state index in [0.717, 1.165) is 18.4 Å². The number of alkyl halides is 1. The largest absolute Gasteiger partial charge is 0.508 e. The first kappa shape index (κ1) is 10.9. The maximum atomic E-state index is 11.8. The molecule has 0 fully saturated rings. The van der Waals surface area contributed by atoms with Crippen LogP contribution in [0.1, 0.15) is 18.1 Å². The third-order valence-corrected chi connectivity index (χ3v) is 3.96. The van der Waals surface area contributed by atoms with Crippen LogP contribution in [0.5, 0.6) is 5.75 Å². The SMILES string of the molecule is C[C@H]1Cc2ccc(O)cc2C[C@@H](I)C1=O. The lowest BCUT2D eigenvalue weighted by Gasteiger charge is -2.08. The first-order valence-corrected chi connectivity index (χ1v) is 6.31. The van der Waals surface area contributed by atoms with Gasteiger partial charge in [-0.3, -0.25) is 4.79 Å². The normalized spacial score (nSPS) is 25.9. The highest BCUT2D eigenvalue weighted by Gasteiger charge is 2.27. The summed E-state index contributed by atoms with van der Waals surface area (Å²) in [5, 5.41) is 9.41. The number of halogens is 1. The summed E-state index contributed by atoms with van der Waals surface area (Å²) in [5.74, 6) is 0.711. The average Bonchev–Trinajstić information content (AvgIpc) is 2.29. The van der Waals surface area contributed by atoms with Crippen LogP contribution in [0, 0.1) is 5.92 Å². The molecule has 0 heterocycles. The lowest BCUT2D eigenvalue weighted by Crippen LogP contribution is -2.21. The van der Waals surface area contributed by atoms with Gasteiger partial charge in [-0.2, -0.15) is 0 Å². The predicted molar refractivity (Wildman–Crippen MR) is 67.5 cm³/mol. The molecule has 0 aromatic heterocycles. The number of hydrogen-bond donors (Lipinski definition) is 1.